The summed E-state index contributed by atoms with van der Waals surface area (Å²) in [4.78, 5) is 39.2. The van der Waals surface area contributed by atoms with Crippen molar-refractivity contribution in [3.63, 3.8) is 0 Å². The predicted octanol–water partition coefficient (Wildman–Crippen LogP) is 5.05. The van der Waals surface area contributed by atoms with Crippen molar-refractivity contribution >= 4 is 28.0 Å². The highest BCUT2D eigenvalue weighted by atomic mass is 32.2. The number of hydrogen-bond donors (Lipinski definition) is 1. The number of hydrogen-bond acceptors (Lipinski definition) is 8. The average Bonchev–Trinajstić information content (AvgIpc) is 3.18. The lowest BCUT2D eigenvalue weighted by Gasteiger charge is -2.32. The number of ether oxygens (including phenoxy) is 2. The van der Waals surface area contributed by atoms with Crippen LogP contribution in [0.5, 0.6) is 5.88 Å². The molecule has 2 aliphatic heterocycles. The van der Waals surface area contributed by atoms with Gasteiger partial charge in [-0.2, -0.15) is 4.98 Å². The normalized spacial score (nSPS) is 19.1. The number of nitrogens with zero attached hydrogens (tertiary/aromatic N) is 4. The first-order chi connectivity index (χ1) is 21.6. The molecule has 2 amide bonds. The van der Waals surface area contributed by atoms with Gasteiger partial charge in [-0.1, -0.05) is 54.6 Å². The number of amides is 2. The molecule has 1 N–H and O–H groups in total. The van der Waals surface area contributed by atoms with Crippen LogP contribution in [0.3, 0.4) is 0 Å². The fourth-order valence-corrected chi connectivity index (χ4v) is 6.66. The van der Waals surface area contributed by atoms with Crippen molar-refractivity contribution in [3.05, 3.63) is 101 Å². The SMILES string of the molecule is Cc1cccc(C)c1-c1cc2nc(n1)NS(=O)(=O)c1cccc(c1)C(=O)N1CCN(C(=O)OCc3ccccc3)CC(O2)[C@H]1C.[HH]. The van der Waals surface area contributed by atoms with E-state index in [-0.39, 0.29) is 55.9 Å². The van der Waals surface area contributed by atoms with E-state index in [4.69, 9.17) is 9.47 Å². The lowest BCUT2D eigenvalue weighted by molar-refractivity contribution is 0.0508. The summed E-state index contributed by atoms with van der Waals surface area (Å²) in [6, 6.07) is 22.1. The zero-order chi connectivity index (χ0) is 31.7. The van der Waals surface area contributed by atoms with Crippen LogP contribution in [0, 0.1) is 13.8 Å². The molecule has 11 nitrogen and oxygen atoms in total. The van der Waals surface area contributed by atoms with E-state index in [0.717, 1.165) is 22.3 Å². The van der Waals surface area contributed by atoms with Gasteiger partial charge in [0.05, 0.1) is 23.2 Å². The Bertz CT molecular complexity index is 1850. The number of fused-ring (bicyclic) bond motifs is 6. The second-order valence-corrected chi connectivity index (χ2v) is 12.9. The minimum Gasteiger partial charge on any atom is -0.470 e. The van der Waals surface area contributed by atoms with Gasteiger partial charge in [0.1, 0.15) is 12.7 Å². The molecule has 1 unspecified atom stereocenters. The monoisotopic (exact) mass is 629 g/mol. The molecule has 45 heavy (non-hydrogen) atoms. The molecule has 234 valence electrons. The van der Waals surface area contributed by atoms with Crippen molar-refractivity contribution in [2.45, 2.75) is 44.4 Å². The molecule has 1 aromatic heterocycles. The van der Waals surface area contributed by atoms with Crippen LogP contribution in [0.4, 0.5) is 10.7 Å². The van der Waals surface area contributed by atoms with Crippen LogP contribution in [0.25, 0.3) is 11.3 Å². The van der Waals surface area contributed by atoms with Crippen molar-refractivity contribution in [1.29, 1.82) is 0 Å². The number of aromatic nitrogens is 2. The second kappa shape index (κ2) is 12.2. The highest BCUT2D eigenvalue weighted by Crippen LogP contribution is 2.31. The van der Waals surface area contributed by atoms with Gasteiger partial charge in [-0.15, -0.1) is 0 Å². The quantitative estimate of drug-likeness (QED) is 0.333. The van der Waals surface area contributed by atoms with Gasteiger partial charge >= 0.3 is 6.09 Å². The number of carbonyl (C=O) groups excluding carboxylic acids is 2. The number of nitrogens with one attached hydrogen (secondary N) is 1. The summed E-state index contributed by atoms with van der Waals surface area (Å²) in [5, 5.41) is 0. The van der Waals surface area contributed by atoms with Crippen molar-refractivity contribution < 1.29 is 28.9 Å². The van der Waals surface area contributed by atoms with Gasteiger partial charge in [0.25, 0.3) is 15.9 Å². The first-order valence-electron chi connectivity index (χ1n) is 14.6. The molecule has 1 fully saturated rings. The minimum absolute atomic E-state index is 0. The van der Waals surface area contributed by atoms with Crippen LogP contribution in [-0.4, -0.2) is 72.0 Å². The molecule has 6 rings (SSSR count). The second-order valence-electron chi connectivity index (χ2n) is 11.2. The molecule has 1 saturated heterocycles. The van der Waals surface area contributed by atoms with E-state index < -0.39 is 28.3 Å². The minimum atomic E-state index is -4.16. The number of sulfonamides is 1. The molecule has 2 aliphatic rings. The summed E-state index contributed by atoms with van der Waals surface area (Å²) in [5.41, 5.74) is 4.19. The Morgan fingerprint density at radius 2 is 1.73 bits per heavy atom. The standard InChI is InChI=1S/C33H33N5O6S.H2/c1-21-9-7-10-22(2)30(21)27-18-29-35-32(34-27)36-45(41,42)26-14-8-13-25(17-26)31(39)38-16-15-37(19-28(44-29)23(38)3)33(40)43-20-24-11-5-4-6-12-24;/h4-14,17-18,23,28H,15-16,19-20H2,1-3H3,(H,34,35,36);1H/t23-,28?;/m1./s1. The van der Waals surface area contributed by atoms with E-state index in [9.17, 15) is 18.0 Å². The summed E-state index contributed by atoms with van der Waals surface area (Å²) in [5.74, 6) is -0.477. The lowest BCUT2D eigenvalue weighted by Crippen LogP contribution is -2.48. The molecular formula is C33H35N5O6S. The van der Waals surface area contributed by atoms with Crippen molar-refractivity contribution in [1.82, 2.24) is 19.8 Å². The van der Waals surface area contributed by atoms with Gasteiger partial charge in [-0.05, 0) is 55.7 Å². The van der Waals surface area contributed by atoms with Crippen LogP contribution >= 0.6 is 0 Å². The Morgan fingerprint density at radius 3 is 2.49 bits per heavy atom. The zero-order valence-electron chi connectivity index (χ0n) is 25.1. The molecule has 6 bridgehead atoms. The van der Waals surface area contributed by atoms with Gasteiger partial charge in [0, 0.05) is 31.7 Å². The van der Waals surface area contributed by atoms with E-state index in [1.165, 1.54) is 23.1 Å². The lowest BCUT2D eigenvalue weighted by atomic mass is 10.00. The average molecular weight is 630 g/mol. The van der Waals surface area contributed by atoms with Gasteiger partial charge in [0.15, 0.2) is 0 Å². The molecule has 3 aromatic carbocycles. The fraction of sp³-hybridized carbons (Fsp3) is 0.273. The topological polar surface area (TPSA) is 131 Å². The largest absolute Gasteiger partial charge is 0.470 e. The molecule has 4 aromatic rings. The molecule has 12 heteroatoms. The summed E-state index contributed by atoms with van der Waals surface area (Å²) in [6.45, 7) is 6.29. The van der Waals surface area contributed by atoms with E-state index in [1.807, 2.05) is 69.3 Å². The molecule has 0 spiro atoms. The molecule has 0 aliphatic carbocycles. The maximum Gasteiger partial charge on any atom is 0.410 e. The van der Waals surface area contributed by atoms with Gasteiger partial charge in [0.2, 0.25) is 11.8 Å². The van der Waals surface area contributed by atoms with Gasteiger partial charge < -0.3 is 19.3 Å². The maximum absolute atomic E-state index is 13.9. The number of carbonyl (C=O) groups is 2. The Balaban J connectivity index is 0.00000417. The molecular weight excluding hydrogens is 594 g/mol. The van der Waals surface area contributed by atoms with Crippen molar-refractivity contribution in [2.24, 2.45) is 0 Å². The van der Waals surface area contributed by atoms with E-state index >= 15 is 0 Å². The number of benzene rings is 3. The molecule has 0 saturated carbocycles. The summed E-state index contributed by atoms with van der Waals surface area (Å²) < 4.78 is 41.5. The number of rotatable bonds is 3. The van der Waals surface area contributed by atoms with Crippen LogP contribution in [0.1, 0.15) is 35.4 Å². The smallest absolute Gasteiger partial charge is 0.410 e. The number of aryl methyl sites for hydroxylation is 2. The highest BCUT2D eigenvalue weighted by Gasteiger charge is 2.37. The van der Waals surface area contributed by atoms with Crippen LogP contribution < -0.4 is 9.46 Å². The third-order valence-corrected chi connectivity index (χ3v) is 9.42. The van der Waals surface area contributed by atoms with Gasteiger partial charge in [-0.25, -0.2) is 22.9 Å². The zero-order valence-corrected chi connectivity index (χ0v) is 26.0. The van der Waals surface area contributed by atoms with E-state index in [0.29, 0.717) is 5.69 Å². The van der Waals surface area contributed by atoms with E-state index in [2.05, 4.69) is 14.7 Å². The Hall–Kier alpha value is -4.97. The highest BCUT2D eigenvalue weighted by molar-refractivity contribution is 7.92. The number of anilines is 1. The summed E-state index contributed by atoms with van der Waals surface area (Å²) >= 11 is 0. The third-order valence-electron chi connectivity index (χ3n) is 8.09. The van der Waals surface area contributed by atoms with Crippen molar-refractivity contribution in [3.8, 4) is 17.1 Å². The maximum atomic E-state index is 13.9. The molecule has 2 atom stereocenters. The predicted molar refractivity (Wildman–Crippen MR) is 169 cm³/mol. The Morgan fingerprint density at radius 1 is 1.00 bits per heavy atom. The van der Waals surface area contributed by atoms with Crippen molar-refractivity contribution in [2.75, 3.05) is 24.4 Å². The summed E-state index contributed by atoms with van der Waals surface area (Å²) in [6.07, 6.45) is -1.28. The first kappa shape index (κ1) is 30.1. The van der Waals surface area contributed by atoms with E-state index in [1.54, 1.807) is 17.0 Å². The van der Waals surface area contributed by atoms with Gasteiger partial charge in [-0.3, -0.25) is 4.79 Å². The van der Waals surface area contributed by atoms with Crippen LogP contribution in [0.2, 0.25) is 0 Å². The third kappa shape index (κ3) is 6.32. The van der Waals surface area contributed by atoms with Crippen LogP contribution in [-0.2, 0) is 21.4 Å². The molecule has 0 radical (unpaired) electrons. The Labute approximate surface area is 263 Å². The first-order valence-corrected chi connectivity index (χ1v) is 16.1. The van der Waals surface area contributed by atoms with Crippen LogP contribution in [0.15, 0.2) is 83.8 Å². The fourth-order valence-electron chi connectivity index (χ4n) is 5.67. The summed E-state index contributed by atoms with van der Waals surface area (Å²) in [7, 11) is -4.16. The Kier molecular flexibility index (Phi) is 8.15. The molecule has 3 heterocycles.